The molecular formula is C18H27N4O2S+. The van der Waals surface area contributed by atoms with Crippen molar-refractivity contribution in [2.75, 3.05) is 20.8 Å². The van der Waals surface area contributed by atoms with Crippen LogP contribution in [0.2, 0.25) is 0 Å². The first-order chi connectivity index (χ1) is 12.0. The maximum Gasteiger partial charge on any atom is 0.203 e. The van der Waals surface area contributed by atoms with Crippen LogP contribution in [-0.2, 0) is 13.2 Å². The zero-order valence-corrected chi connectivity index (χ0v) is 16.2. The molecule has 1 N–H and O–H groups in total. The van der Waals surface area contributed by atoms with E-state index in [0.717, 1.165) is 35.3 Å². The molecule has 2 aromatic rings. The fourth-order valence-corrected chi connectivity index (χ4v) is 3.53. The standard InChI is InChI=1S/C18H26N4O2S/c1-5-24-16-9-6-14(10-17(16)23-4)11-20(3)12-21-18(25)22(13(2)19-21)15-7-8-15/h6,9-10,15H,5,7-8,11-12H2,1-4H3/p+1. The maximum absolute atomic E-state index is 5.61. The number of quaternary nitrogens is 1. The third-order valence-electron chi connectivity index (χ3n) is 4.41. The average molecular weight is 364 g/mol. The van der Waals surface area contributed by atoms with Gasteiger partial charge in [-0.2, -0.15) is 9.78 Å². The Morgan fingerprint density at radius 3 is 2.72 bits per heavy atom. The van der Waals surface area contributed by atoms with Crippen molar-refractivity contribution in [3.63, 3.8) is 0 Å². The lowest BCUT2D eigenvalue weighted by Gasteiger charge is -2.15. The molecule has 0 aliphatic heterocycles. The highest BCUT2D eigenvalue weighted by Crippen LogP contribution is 2.35. The van der Waals surface area contributed by atoms with Crippen LogP contribution >= 0.6 is 12.2 Å². The van der Waals surface area contributed by atoms with E-state index >= 15 is 0 Å². The van der Waals surface area contributed by atoms with Gasteiger partial charge in [-0.25, -0.2) is 0 Å². The monoisotopic (exact) mass is 363 g/mol. The number of nitrogens with one attached hydrogen (secondary N) is 1. The molecule has 0 amide bonds. The topological polar surface area (TPSA) is 45.7 Å². The molecule has 136 valence electrons. The van der Waals surface area contributed by atoms with Gasteiger partial charge >= 0.3 is 0 Å². The Kier molecular flexibility index (Phi) is 5.44. The molecule has 25 heavy (non-hydrogen) atoms. The van der Waals surface area contributed by atoms with Crippen molar-refractivity contribution in [3.8, 4) is 11.5 Å². The van der Waals surface area contributed by atoms with Crippen molar-refractivity contribution in [3.05, 3.63) is 34.4 Å². The summed E-state index contributed by atoms with van der Waals surface area (Å²) in [7, 11) is 3.82. The van der Waals surface area contributed by atoms with E-state index in [1.807, 2.05) is 30.7 Å². The number of rotatable bonds is 8. The van der Waals surface area contributed by atoms with Gasteiger partial charge in [0, 0.05) is 11.6 Å². The molecule has 1 fully saturated rings. The first-order valence-corrected chi connectivity index (χ1v) is 9.21. The summed E-state index contributed by atoms with van der Waals surface area (Å²) < 4.78 is 16.0. The van der Waals surface area contributed by atoms with Gasteiger partial charge in [0.15, 0.2) is 18.2 Å². The van der Waals surface area contributed by atoms with Crippen LogP contribution < -0.4 is 14.4 Å². The minimum absolute atomic E-state index is 0.567. The summed E-state index contributed by atoms with van der Waals surface area (Å²) in [5.41, 5.74) is 1.20. The first kappa shape index (κ1) is 17.9. The molecule has 1 aliphatic carbocycles. The lowest BCUT2D eigenvalue weighted by atomic mass is 10.2. The van der Waals surface area contributed by atoms with Crippen LogP contribution in [0.3, 0.4) is 0 Å². The summed E-state index contributed by atoms with van der Waals surface area (Å²) in [5.74, 6) is 2.58. The van der Waals surface area contributed by atoms with Crippen LogP contribution in [0.4, 0.5) is 0 Å². The fraction of sp³-hybridized carbons (Fsp3) is 0.556. The predicted octanol–water partition coefficient (Wildman–Crippen LogP) is 2.14. The van der Waals surface area contributed by atoms with Crippen LogP contribution in [-0.4, -0.2) is 35.1 Å². The highest BCUT2D eigenvalue weighted by atomic mass is 32.1. The molecule has 1 aromatic heterocycles. The second-order valence-electron chi connectivity index (χ2n) is 6.64. The van der Waals surface area contributed by atoms with Gasteiger partial charge in [0.1, 0.15) is 12.4 Å². The Bertz CT molecular complexity index is 795. The van der Waals surface area contributed by atoms with Crippen molar-refractivity contribution in [2.45, 2.75) is 45.9 Å². The molecule has 0 saturated heterocycles. The predicted molar refractivity (Wildman–Crippen MR) is 98.8 cm³/mol. The SMILES string of the molecule is CCOc1ccc(C[NH+](C)Cn2nc(C)n(C3CC3)c2=S)cc1OC. The van der Waals surface area contributed by atoms with E-state index in [2.05, 4.69) is 22.8 Å². The molecule has 1 heterocycles. The number of nitrogens with zero attached hydrogens (tertiary/aromatic N) is 3. The van der Waals surface area contributed by atoms with Gasteiger partial charge < -0.3 is 18.9 Å². The van der Waals surface area contributed by atoms with E-state index < -0.39 is 0 Å². The second-order valence-corrected chi connectivity index (χ2v) is 7.01. The number of ether oxygens (including phenoxy) is 2. The van der Waals surface area contributed by atoms with Crippen molar-refractivity contribution < 1.29 is 14.4 Å². The number of aromatic nitrogens is 3. The van der Waals surface area contributed by atoms with Crippen LogP contribution in [0.15, 0.2) is 18.2 Å². The second kappa shape index (κ2) is 7.58. The van der Waals surface area contributed by atoms with Gasteiger partial charge in [-0.05, 0) is 57.1 Å². The highest BCUT2D eigenvalue weighted by Gasteiger charge is 2.27. The third kappa shape index (κ3) is 4.04. The maximum atomic E-state index is 5.61. The van der Waals surface area contributed by atoms with Crippen LogP contribution in [0.25, 0.3) is 0 Å². The van der Waals surface area contributed by atoms with E-state index in [0.29, 0.717) is 12.6 Å². The number of benzene rings is 1. The lowest BCUT2D eigenvalue weighted by Crippen LogP contribution is -3.07. The van der Waals surface area contributed by atoms with E-state index in [4.69, 9.17) is 21.7 Å². The number of aryl methyl sites for hydroxylation is 1. The fourth-order valence-electron chi connectivity index (χ4n) is 3.14. The molecule has 1 aromatic carbocycles. The Morgan fingerprint density at radius 1 is 1.32 bits per heavy atom. The first-order valence-electron chi connectivity index (χ1n) is 8.80. The van der Waals surface area contributed by atoms with Gasteiger partial charge in [0.25, 0.3) is 0 Å². The Hall–Kier alpha value is -1.86. The number of hydrogen-bond donors (Lipinski definition) is 1. The van der Waals surface area contributed by atoms with Crippen molar-refractivity contribution >= 4 is 12.2 Å². The smallest absolute Gasteiger partial charge is 0.203 e. The summed E-state index contributed by atoms with van der Waals surface area (Å²) >= 11 is 5.61. The minimum atomic E-state index is 0.567. The van der Waals surface area contributed by atoms with Crippen molar-refractivity contribution in [2.24, 2.45) is 0 Å². The number of hydrogen-bond acceptors (Lipinski definition) is 4. The van der Waals surface area contributed by atoms with E-state index in [-0.39, 0.29) is 0 Å². The van der Waals surface area contributed by atoms with Gasteiger partial charge in [0.2, 0.25) is 4.77 Å². The van der Waals surface area contributed by atoms with E-state index in [1.165, 1.54) is 23.3 Å². The van der Waals surface area contributed by atoms with Gasteiger partial charge in [-0.1, -0.05) is 0 Å². The molecule has 7 heteroatoms. The molecule has 3 rings (SSSR count). The Labute approximate surface area is 154 Å². The highest BCUT2D eigenvalue weighted by molar-refractivity contribution is 7.71. The summed E-state index contributed by atoms with van der Waals surface area (Å²) in [6.45, 7) is 6.24. The van der Waals surface area contributed by atoms with Crippen LogP contribution in [0.1, 0.15) is 37.2 Å². The van der Waals surface area contributed by atoms with Gasteiger partial charge in [-0.3, -0.25) is 0 Å². The van der Waals surface area contributed by atoms with E-state index in [9.17, 15) is 0 Å². The molecule has 6 nitrogen and oxygen atoms in total. The zero-order chi connectivity index (χ0) is 18.0. The average Bonchev–Trinajstić information content (AvgIpc) is 3.36. The quantitative estimate of drug-likeness (QED) is 0.730. The summed E-state index contributed by atoms with van der Waals surface area (Å²) in [4.78, 5) is 1.31. The summed E-state index contributed by atoms with van der Waals surface area (Å²) in [6.07, 6.45) is 2.44. The Morgan fingerprint density at radius 2 is 2.08 bits per heavy atom. The Balaban J connectivity index is 1.69. The normalized spacial score (nSPS) is 15.2. The number of methoxy groups -OCH3 is 1. The molecule has 1 unspecified atom stereocenters. The molecule has 1 atom stereocenters. The largest absolute Gasteiger partial charge is 0.493 e. The lowest BCUT2D eigenvalue weighted by molar-refractivity contribution is -0.917. The molecule has 0 radical (unpaired) electrons. The van der Waals surface area contributed by atoms with Crippen molar-refractivity contribution in [1.29, 1.82) is 0 Å². The molecule has 0 bridgehead atoms. The minimum Gasteiger partial charge on any atom is -0.493 e. The molecule has 0 spiro atoms. The van der Waals surface area contributed by atoms with Crippen LogP contribution in [0, 0.1) is 11.7 Å². The molecular weight excluding hydrogens is 336 g/mol. The van der Waals surface area contributed by atoms with Crippen molar-refractivity contribution in [1.82, 2.24) is 14.3 Å². The summed E-state index contributed by atoms with van der Waals surface area (Å²) in [5, 5.41) is 4.64. The van der Waals surface area contributed by atoms with Gasteiger partial charge in [0.05, 0.1) is 20.8 Å². The molecule has 1 aliphatic rings. The summed E-state index contributed by atoms with van der Waals surface area (Å²) in [6, 6.07) is 6.67. The van der Waals surface area contributed by atoms with Crippen LogP contribution in [0.5, 0.6) is 11.5 Å². The van der Waals surface area contributed by atoms with E-state index in [1.54, 1.807) is 7.11 Å². The molecule has 1 saturated carbocycles. The zero-order valence-electron chi connectivity index (χ0n) is 15.4. The van der Waals surface area contributed by atoms with Gasteiger partial charge in [-0.15, -0.1) is 0 Å². The third-order valence-corrected chi connectivity index (χ3v) is 4.81.